The van der Waals surface area contributed by atoms with E-state index in [4.69, 9.17) is 0 Å². The molecule has 0 unspecified atom stereocenters. The highest BCUT2D eigenvalue weighted by Crippen LogP contribution is 1.98. The second-order valence-electron chi connectivity index (χ2n) is 3.96. The molecule has 1 fully saturated rings. The van der Waals surface area contributed by atoms with Crippen molar-refractivity contribution in [1.82, 2.24) is 19.8 Å². The molecule has 1 atom stereocenters. The van der Waals surface area contributed by atoms with Gasteiger partial charge in [0, 0.05) is 45.1 Å². The van der Waals surface area contributed by atoms with Crippen LogP contribution >= 0.6 is 0 Å². The number of β-amino-alcohol motifs (C(OH)–C–C–N with tert-alkyl or cyclic N) is 1. The van der Waals surface area contributed by atoms with Gasteiger partial charge in [0.25, 0.3) is 0 Å². The SMILES string of the molecule is O[C@H](CN1CCNCC1)Cn1ccnc1. The maximum atomic E-state index is 9.86. The summed E-state index contributed by atoms with van der Waals surface area (Å²) in [7, 11) is 0. The fourth-order valence-electron chi connectivity index (χ4n) is 1.89. The van der Waals surface area contributed by atoms with Gasteiger partial charge in [-0.05, 0) is 0 Å². The minimum atomic E-state index is -0.308. The lowest BCUT2D eigenvalue weighted by Gasteiger charge is -2.29. The Hall–Kier alpha value is -0.910. The van der Waals surface area contributed by atoms with E-state index in [9.17, 15) is 5.11 Å². The Morgan fingerprint density at radius 3 is 2.80 bits per heavy atom. The minimum absolute atomic E-state index is 0.308. The number of nitrogens with one attached hydrogen (secondary N) is 1. The normalized spacial score (nSPS) is 20.3. The van der Waals surface area contributed by atoms with Crippen LogP contribution in [0.4, 0.5) is 0 Å². The third-order valence-corrected chi connectivity index (χ3v) is 2.66. The smallest absolute Gasteiger partial charge is 0.0946 e. The van der Waals surface area contributed by atoms with Crippen LogP contribution in [-0.2, 0) is 6.54 Å². The summed E-state index contributed by atoms with van der Waals surface area (Å²) in [6, 6.07) is 0. The number of imidazole rings is 1. The first-order chi connectivity index (χ1) is 7.34. The number of aliphatic hydroxyl groups excluding tert-OH is 1. The van der Waals surface area contributed by atoms with Gasteiger partial charge in [-0.3, -0.25) is 4.90 Å². The summed E-state index contributed by atoms with van der Waals surface area (Å²) >= 11 is 0. The zero-order valence-corrected chi connectivity index (χ0v) is 8.84. The number of rotatable bonds is 4. The van der Waals surface area contributed by atoms with E-state index >= 15 is 0 Å². The molecule has 0 amide bonds. The van der Waals surface area contributed by atoms with Crippen LogP contribution in [0.25, 0.3) is 0 Å². The van der Waals surface area contributed by atoms with Gasteiger partial charge >= 0.3 is 0 Å². The Morgan fingerprint density at radius 2 is 2.13 bits per heavy atom. The molecular weight excluding hydrogens is 192 g/mol. The van der Waals surface area contributed by atoms with Crippen molar-refractivity contribution in [1.29, 1.82) is 0 Å². The second kappa shape index (κ2) is 5.25. The predicted molar refractivity (Wildman–Crippen MR) is 57.5 cm³/mol. The third kappa shape index (κ3) is 3.30. The summed E-state index contributed by atoms with van der Waals surface area (Å²) < 4.78 is 1.91. The number of hydrogen-bond donors (Lipinski definition) is 2. The Labute approximate surface area is 89.7 Å². The molecule has 1 aliphatic rings. The standard InChI is InChI=1S/C10H18N4O/c15-10(8-14-6-3-12-9-14)7-13-4-1-11-2-5-13/h3,6,9-11,15H,1-2,4-5,7-8H2/t10-/m1/s1. The van der Waals surface area contributed by atoms with Crippen LogP contribution < -0.4 is 5.32 Å². The molecule has 5 nitrogen and oxygen atoms in total. The molecular formula is C10H18N4O. The molecule has 1 aromatic rings. The van der Waals surface area contributed by atoms with Crippen LogP contribution in [0.5, 0.6) is 0 Å². The average Bonchev–Trinajstić information content (AvgIpc) is 2.71. The lowest BCUT2D eigenvalue weighted by Crippen LogP contribution is -2.46. The molecule has 0 spiro atoms. The molecule has 0 aromatic carbocycles. The summed E-state index contributed by atoms with van der Waals surface area (Å²) in [4.78, 5) is 6.24. The molecule has 84 valence electrons. The molecule has 1 saturated heterocycles. The zero-order valence-electron chi connectivity index (χ0n) is 8.84. The largest absolute Gasteiger partial charge is 0.390 e. The van der Waals surface area contributed by atoms with Crippen LogP contribution in [0.15, 0.2) is 18.7 Å². The molecule has 0 aliphatic carbocycles. The number of hydrogen-bond acceptors (Lipinski definition) is 4. The Kier molecular flexibility index (Phi) is 3.71. The molecule has 5 heteroatoms. The first-order valence-electron chi connectivity index (χ1n) is 5.41. The lowest BCUT2D eigenvalue weighted by molar-refractivity contribution is 0.0917. The summed E-state index contributed by atoms with van der Waals surface area (Å²) in [5.41, 5.74) is 0. The van der Waals surface area contributed by atoms with Gasteiger partial charge < -0.3 is 15.0 Å². The van der Waals surface area contributed by atoms with Crippen LogP contribution in [0, 0.1) is 0 Å². The van der Waals surface area contributed by atoms with E-state index in [1.165, 1.54) is 0 Å². The van der Waals surface area contributed by atoms with Crippen molar-refractivity contribution in [3.8, 4) is 0 Å². The first-order valence-corrected chi connectivity index (χ1v) is 5.41. The van der Waals surface area contributed by atoms with Gasteiger partial charge in [-0.2, -0.15) is 0 Å². The zero-order chi connectivity index (χ0) is 10.5. The highest BCUT2D eigenvalue weighted by atomic mass is 16.3. The van der Waals surface area contributed by atoms with E-state index in [1.54, 1.807) is 12.5 Å². The Bertz CT molecular complexity index is 269. The van der Waals surface area contributed by atoms with Crippen LogP contribution in [0.1, 0.15) is 0 Å². The van der Waals surface area contributed by atoms with E-state index in [0.717, 1.165) is 32.7 Å². The van der Waals surface area contributed by atoms with Gasteiger partial charge in [0.15, 0.2) is 0 Å². The first kappa shape index (κ1) is 10.6. The van der Waals surface area contributed by atoms with Crippen LogP contribution in [-0.4, -0.2) is 58.4 Å². The summed E-state index contributed by atoms with van der Waals surface area (Å²) in [5, 5.41) is 13.2. The van der Waals surface area contributed by atoms with Gasteiger partial charge in [0.05, 0.1) is 19.0 Å². The van der Waals surface area contributed by atoms with Gasteiger partial charge in [-0.1, -0.05) is 0 Å². The monoisotopic (exact) mass is 210 g/mol. The fourth-order valence-corrected chi connectivity index (χ4v) is 1.89. The van der Waals surface area contributed by atoms with Crippen molar-refractivity contribution in [2.24, 2.45) is 0 Å². The maximum Gasteiger partial charge on any atom is 0.0946 e. The number of aromatic nitrogens is 2. The second-order valence-corrected chi connectivity index (χ2v) is 3.96. The highest BCUT2D eigenvalue weighted by molar-refractivity contribution is 4.77. The summed E-state index contributed by atoms with van der Waals surface area (Å²) in [6.45, 7) is 5.49. The van der Waals surface area contributed by atoms with Crippen LogP contribution in [0.3, 0.4) is 0 Å². The Balaban J connectivity index is 1.74. The topological polar surface area (TPSA) is 53.3 Å². The Morgan fingerprint density at radius 1 is 1.33 bits per heavy atom. The van der Waals surface area contributed by atoms with E-state index in [0.29, 0.717) is 6.54 Å². The molecule has 2 heterocycles. The van der Waals surface area contributed by atoms with E-state index in [1.807, 2.05) is 10.8 Å². The lowest BCUT2D eigenvalue weighted by atomic mass is 10.3. The molecule has 1 aliphatic heterocycles. The quantitative estimate of drug-likeness (QED) is 0.679. The van der Waals surface area contributed by atoms with E-state index in [-0.39, 0.29) is 6.10 Å². The summed E-state index contributed by atoms with van der Waals surface area (Å²) in [5.74, 6) is 0. The minimum Gasteiger partial charge on any atom is -0.390 e. The molecule has 1 aromatic heterocycles. The van der Waals surface area contributed by atoms with Crippen molar-refractivity contribution in [2.75, 3.05) is 32.7 Å². The maximum absolute atomic E-state index is 9.86. The third-order valence-electron chi connectivity index (χ3n) is 2.66. The average molecular weight is 210 g/mol. The van der Waals surface area contributed by atoms with E-state index < -0.39 is 0 Å². The molecule has 0 bridgehead atoms. The fraction of sp³-hybridized carbons (Fsp3) is 0.700. The predicted octanol–water partition coefficient (Wildman–Crippen LogP) is -0.851. The summed E-state index contributed by atoms with van der Waals surface area (Å²) in [6.07, 6.45) is 5.04. The van der Waals surface area contributed by atoms with Crippen molar-refractivity contribution in [2.45, 2.75) is 12.6 Å². The van der Waals surface area contributed by atoms with Crippen molar-refractivity contribution in [3.05, 3.63) is 18.7 Å². The molecule has 2 N–H and O–H groups in total. The number of nitrogens with zero attached hydrogens (tertiary/aromatic N) is 3. The van der Waals surface area contributed by atoms with Gasteiger partial charge in [-0.25, -0.2) is 4.98 Å². The molecule has 0 radical (unpaired) electrons. The van der Waals surface area contributed by atoms with Crippen molar-refractivity contribution < 1.29 is 5.11 Å². The van der Waals surface area contributed by atoms with E-state index in [2.05, 4.69) is 15.2 Å². The molecule has 0 saturated carbocycles. The highest BCUT2D eigenvalue weighted by Gasteiger charge is 2.14. The molecule has 2 rings (SSSR count). The van der Waals surface area contributed by atoms with Crippen molar-refractivity contribution >= 4 is 0 Å². The van der Waals surface area contributed by atoms with Crippen LogP contribution in [0.2, 0.25) is 0 Å². The number of piperazine rings is 1. The van der Waals surface area contributed by atoms with Gasteiger partial charge in [0.2, 0.25) is 0 Å². The van der Waals surface area contributed by atoms with Crippen molar-refractivity contribution in [3.63, 3.8) is 0 Å². The number of aliphatic hydroxyl groups is 1. The molecule has 15 heavy (non-hydrogen) atoms. The van der Waals surface area contributed by atoms with Gasteiger partial charge in [0.1, 0.15) is 0 Å². The van der Waals surface area contributed by atoms with Gasteiger partial charge in [-0.15, -0.1) is 0 Å².